The molecule has 2 aliphatic rings. The van der Waals surface area contributed by atoms with E-state index in [0.29, 0.717) is 19.8 Å². The van der Waals surface area contributed by atoms with Crippen LogP contribution in [0.1, 0.15) is 38.2 Å². The molecule has 2 N–H and O–H groups in total. The summed E-state index contributed by atoms with van der Waals surface area (Å²) in [7, 11) is 1.91. The molecule has 1 fully saturated rings. The number of hydrogen-bond acceptors (Lipinski definition) is 8. The molecule has 0 saturated carbocycles. The van der Waals surface area contributed by atoms with E-state index in [9.17, 15) is 0 Å². The highest BCUT2D eigenvalue weighted by Gasteiger charge is 2.33. The molecule has 0 radical (unpaired) electrons. The van der Waals surface area contributed by atoms with Gasteiger partial charge in [-0.1, -0.05) is 18.6 Å². The topological polar surface area (TPSA) is 70.6 Å². The summed E-state index contributed by atoms with van der Waals surface area (Å²) in [6, 6.07) is 8.48. The highest BCUT2D eigenvalue weighted by Crippen LogP contribution is 2.18. The van der Waals surface area contributed by atoms with Gasteiger partial charge < -0.3 is 14.2 Å². The van der Waals surface area contributed by atoms with E-state index >= 15 is 0 Å². The largest absolute Gasteiger partial charge is 0.494 e. The Balaban J connectivity index is 1.37. The van der Waals surface area contributed by atoms with Crippen molar-refractivity contribution in [3.63, 3.8) is 0 Å². The Morgan fingerprint density at radius 3 is 2.83 bits per heavy atom. The third-order valence-corrected chi connectivity index (χ3v) is 5.25. The fourth-order valence-electron chi connectivity index (χ4n) is 3.74. The van der Waals surface area contributed by atoms with Crippen molar-refractivity contribution in [3.8, 4) is 5.75 Å². The van der Waals surface area contributed by atoms with Gasteiger partial charge in [0.2, 0.25) is 5.79 Å². The first-order valence-electron chi connectivity index (χ1n) is 11.1. The molecule has 1 aromatic rings. The van der Waals surface area contributed by atoms with Crippen LogP contribution in [0.4, 0.5) is 0 Å². The van der Waals surface area contributed by atoms with Crippen LogP contribution in [0, 0.1) is 0 Å². The quantitative estimate of drug-likeness (QED) is 0.375. The fraction of sp³-hybridized carbons (Fsp3) is 0.682. The Morgan fingerprint density at radius 2 is 2.07 bits per heavy atom. The molecule has 1 saturated heterocycles. The third kappa shape index (κ3) is 7.52. The van der Waals surface area contributed by atoms with Gasteiger partial charge in [-0.2, -0.15) is 5.43 Å². The van der Waals surface area contributed by atoms with Crippen LogP contribution in [0.25, 0.3) is 0 Å². The van der Waals surface area contributed by atoms with Gasteiger partial charge in [0.15, 0.2) is 0 Å². The molecule has 8 nitrogen and oxygen atoms in total. The van der Waals surface area contributed by atoms with E-state index in [4.69, 9.17) is 14.2 Å². The second-order valence-corrected chi connectivity index (χ2v) is 7.90. The summed E-state index contributed by atoms with van der Waals surface area (Å²) in [4.78, 5) is 7.05. The summed E-state index contributed by atoms with van der Waals surface area (Å²) < 4.78 is 16.8. The summed E-state index contributed by atoms with van der Waals surface area (Å²) in [5.74, 6) is 0.288. The normalized spacial score (nSPS) is 22.0. The van der Waals surface area contributed by atoms with Crippen molar-refractivity contribution in [1.82, 2.24) is 20.7 Å². The van der Waals surface area contributed by atoms with E-state index in [2.05, 4.69) is 38.8 Å². The van der Waals surface area contributed by atoms with Crippen molar-refractivity contribution >= 4 is 6.34 Å². The zero-order chi connectivity index (χ0) is 21.1. The zero-order valence-corrected chi connectivity index (χ0v) is 18.4. The van der Waals surface area contributed by atoms with Gasteiger partial charge in [-0.25, -0.2) is 4.99 Å². The number of likely N-dealkylation sites (tertiary alicyclic amines) is 1. The van der Waals surface area contributed by atoms with Gasteiger partial charge in [0.05, 0.1) is 6.61 Å². The van der Waals surface area contributed by atoms with Crippen LogP contribution in [0.5, 0.6) is 5.75 Å². The van der Waals surface area contributed by atoms with E-state index in [1.807, 2.05) is 25.0 Å². The summed E-state index contributed by atoms with van der Waals surface area (Å²) in [6.45, 7) is 8.05. The molecule has 168 valence electrons. The Kier molecular flexibility index (Phi) is 9.35. The van der Waals surface area contributed by atoms with Crippen molar-refractivity contribution in [1.29, 1.82) is 0 Å². The number of benzene rings is 1. The zero-order valence-electron chi connectivity index (χ0n) is 18.4. The Labute approximate surface area is 180 Å². The number of ether oxygens (including phenoxy) is 3. The molecule has 0 spiro atoms. The predicted molar refractivity (Wildman–Crippen MR) is 118 cm³/mol. The van der Waals surface area contributed by atoms with Crippen LogP contribution in [-0.4, -0.2) is 75.3 Å². The van der Waals surface area contributed by atoms with Gasteiger partial charge in [0.25, 0.3) is 0 Å². The molecule has 1 aromatic carbocycles. The van der Waals surface area contributed by atoms with Crippen molar-refractivity contribution in [3.05, 3.63) is 29.8 Å². The smallest absolute Gasteiger partial charge is 0.206 e. The first kappa shape index (κ1) is 23.0. The van der Waals surface area contributed by atoms with Gasteiger partial charge in [-0.3, -0.25) is 15.2 Å². The maximum Gasteiger partial charge on any atom is 0.206 e. The molecule has 3 rings (SSSR count). The lowest BCUT2D eigenvalue weighted by Gasteiger charge is -2.29. The highest BCUT2D eigenvalue weighted by atomic mass is 16.7. The molecule has 0 aliphatic carbocycles. The Bertz CT molecular complexity index is 653. The summed E-state index contributed by atoms with van der Waals surface area (Å²) >= 11 is 0. The van der Waals surface area contributed by atoms with Gasteiger partial charge in [0.1, 0.15) is 25.5 Å². The molecule has 2 aliphatic heterocycles. The summed E-state index contributed by atoms with van der Waals surface area (Å²) in [6.07, 6.45) is 6.61. The second-order valence-electron chi connectivity index (χ2n) is 7.90. The molecule has 1 atom stereocenters. The average molecular weight is 420 g/mol. The average Bonchev–Trinajstić information content (AvgIpc) is 3.13. The van der Waals surface area contributed by atoms with Crippen LogP contribution >= 0.6 is 0 Å². The molecular weight excluding hydrogens is 382 g/mol. The third-order valence-electron chi connectivity index (χ3n) is 5.25. The summed E-state index contributed by atoms with van der Waals surface area (Å²) in [5, 5.41) is 5.26. The van der Waals surface area contributed by atoms with E-state index in [-0.39, 0.29) is 6.79 Å². The molecule has 8 heteroatoms. The minimum atomic E-state index is -0.653. The number of hydrazine groups is 1. The lowest BCUT2D eigenvalue weighted by atomic mass is 10.1. The van der Waals surface area contributed by atoms with Gasteiger partial charge in [-0.15, -0.1) is 0 Å². The predicted octanol–water partition coefficient (Wildman–Crippen LogP) is 2.17. The molecule has 0 amide bonds. The van der Waals surface area contributed by atoms with Crippen LogP contribution in [0.2, 0.25) is 0 Å². The lowest BCUT2D eigenvalue weighted by molar-refractivity contribution is -0.0758. The minimum absolute atomic E-state index is 0.262. The molecule has 30 heavy (non-hydrogen) atoms. The molecule has 2 heterocycles. The van der Waals surface area contributed by atoms with Crippen molar-refractivity contribution < 1.29 is 14.2 Å². The Morgan fingerprint density at radius 1 is 1.20 bits per heavy atom. The second kappa shape index (κ2) is 12.2. The van der Waals surface area contributed by atoms with E-state index < -0.39 is 5.79 Å². The van der Waals surface area contributed by atoms with E-state index in [1.165, 1.54) is 37.9 Å². The number of aliphatic imine (C=N–C) groups is 1. The lowest BCUT2D eigenvalue weighted by Crippen LogP contribution is -2.59. The number of rotatable bonds is 13. The maximum atomic E-state index is 5.99. The van der Waals surface area contributed by atoms with Crippen molar-refractivity contribution in [2.45, 2.75) is 44.9 Å². The summed E-state index contributed by atoms with van der Waals surface area (Å²) in [5.41, 5.74) is 4.60. The van der Waals surface area contributed by atoms with Crippen LogP contribution in [0.15, 0.2) is 29.3 Å². The van der Waals surface area contributed by atoms with Gasteiger partial charge in [-0.05, 0) is 57.0 Å². The molecule has 0 bridgehead atoms. The van der Waals surface area contributed by atoms with Gasteiger partial charge in [0, 0.05) is 26.7 Å². The number of hydrogen-bond donors (Lipinski definition) is 2. The molecular formula is C22H37N5O3. The van der Waals surface area contributed by atoms with Crippen molar-refractivity contribution in [2.24, 2.45) is 4.99 Å². The maximum absolute atomic E-state index is 5.99. The van der Waals surface area contributed by atoms with Gasteiger partial charge >= 0.3 is 0 Å². The van der Waals surface area contributed by atoms with Crippen molar-refractivity contribution in [2.75, 3.05) is 53.3 Å². The van der Waals surface area contributed by atoms with E-state index in [1.54, 1.807) is 6.34 Å². The first-order valence-corrected chi connectivity index (χ1v) is 11.1. The standard InChI is InChI=1S/C22H37N5O3/c1-3-28-19-29-17-22(24-18-26(2)25-22)23-11-8-14-30-21-10-7-9-20(15-21)16-27-12-5-4-6-13-27/h7,9-10,15,18,23,25H,3-6,8,11-14,16-17,19H2,1-2H3. The highest BCUT2D eigenvalue weighted by molar-refractivity contribution is 5.56. The minimum Gasteiger partial charge on any atom is -0.494 e. The number of nitrogens with zero attached hydrogens (tertiary/aromatic N) is 3. The SMILES string of the molecule is CCOCOCC1(NCCCOc2cccc(CN3CCCCC3)c2)N=CN(C)N1. The van der Waals surface area contributed by atoms with E-state index in [0.717, 1.165) is 25.3 Å². The van der Waals surface area contributed by atoms with Crippen LogP contribution in [0.3, 0.4) is 0 Å². The monoisotopic (exact) mass is 419 g/mol. The first-order chi connectivity index (χ1) is 14.7. The Hall–Kier alpha value is -1.71. The van der Waals surface area contributed by atoms with Crippen LogP contribution in [-0.2, 0) is 16.0 Å². The fourth-order valence-corrected chi connectivity index (χ4v) is 3.74. The number of nitrogens with one attached hydrogen (secondary N) is 2. The molecule has 1 unspecified atom stereocenters. The molecule has 0 aromatic heterocycles. The number of piperidine rings is 1. The van der Waals surface area contributed by atoms with Crippen LogP contribution < -0.4 is 15.5 Å².